The van der Waals surface area contributed by atoms with Crippen molar-refractivity contribution in [3.05, 3.63) is 29.8 Å². The first kappa shape index (κ1) is 16.3. The van der Waals surface area contributed by atoms with Crippen molar-refractivity contribution in [1.82, 2.24) is 5.32 Å². The summed E-state index contributed by atoms with van der Waals surface area (Å²) in [6, 6.07) is 8.47. The summed E-state index contributed by atoms with van der Waals surface area (Å²) < 4.78 is 10.9. The van der Waals surface area contributed by atoms with Crippen LogP contribution in [0.25, 0.3) is 0 Å². The lowest BCUT2D eigenvalue weighted by Crippen LogP contribution is -2.52. The van der Waals surface area contributed by atoms with Gasteiger partial charge < -0.3 is 19.9 Å². The van der Waals surface area contributed by atoms with E-state index in [9.17, 15) is 5.11 Å². The molecule has 0 radical (unpaired) electrons. The number of ether oxygens (including phenoxy) is 2. The minimum Gasteiger partial charge on any atom is -0.493 e. The van der Waals surface area contributed by atoms with Crippen LogP contribution >= 0.6 is 0 Å². The Morgan fingerprint density at radius 3 is 2.38 bits per heavy atom. The minimum absolute atomic E-state index is 0.0887. The normalized spacial score (nSPS) is 18.3. The summed E-state index contributed by atoms with van der Waals surface area (Å²) in [4.78, 5) is 0. The highest BCUT2D eigenvalue weighted by molar-refractivity contribution is 5.29. The molecule has 0 saturated carbocycles. The molecule has 0 bridgehead atoms. The van der Waals surface area contributed by atoms with Gasteiger partial charge >= 0.3 is 0 Å². The van der Waals surface area contributed by atoms with Gasteiger partial charge in [0.15, 0.2) is 0 Å². The third kappa shape index (κ3) is 4.43. The number of hydrogen-bond donors (Lipinski definition) is 2. The van der Waals surface area contributed by atoms with Crippen molar-refractivity contribution in [3.8, 4) is 5.75 Å². The van der Waals surface area contributed by atoms with Gasteiger partial charge in [-0.25, -0.2) is 0 Å². The maximum Gasteiger partial charge on any atom is 0.119 e. The molecule has 4 nitrogen and oxygen atoms in total. The molecular formula is C17H27NO3. The molecule has 1 aliphatic heterocycles. The Labute approximate surface area is 127 Å². The Balaban J connectivity index is 1.83. The number of nitrogens with one attached hydrogen (secondary N) is 1. The van der Waals surface area contributed by atoms with Gasteiger partial charge in [0, 0.05) is 12.6 Å². The molecule has 1 saturated heterocycles. The second-order valence-electron chi connectivity index (χ2n) is 6.53. The van der Waals surface area contributed by atoms with Crippen LogP contribution in [0.4, 0.5) is 0 Å². The third-order valence-electron chi connectivity index (χ3n) is 3.90. The highest BCUT2D eigenvalue weighted by atomic mass is 16.5. The van der Waals surface area contributed by atoms with Crippen molar-refractivity contribution in [2.24, 2.45) is 11.3 Å². The standard InChI is InChI=1S/C17H27NO3/c1-13(2)8-21-16-6-4-15(5-7-16)14(3)18-9-17(10-19)11-20-12-17/h4-7,13-14,18-19H,8-12H2,1-3H3. The first-order valence-corrected chi connectivity index (χ1v) is 7.69. The number of aliphatic hydroxyl groups excluding tert-OH is 1. The molecule has 21 heavy (non-hydrogen) atoms. The molecule has 2 rings (SSSR count). The Morgan fingerprint density at radius 2 is 1.90 bits per heavy atom. The lowest BCUT2D eigenvalue weighted by Gasteiger charge is -2.40. The zero-order valence-corrected chi connectivity index (χ0v) is 13.3. The predicted octanol–water partition coefficient (Wildman–Crippen LogP) is 2.38. The molecule has 1 aromatic rings. The smallest absolute Gasteiger partial charge is 0.119 e. The Bertz CT molecular complexity index is 421. The van der Waals surface area contributed by atoms with Gasteiger partial charge in [-0.05, 0) is 30.5 Å². The van der Waals surface area contributed by atoms with Crippen molar-refractivity contribution < 1.29 is 14.6 Å². The predicted molar refractivity (Wildman–Crippen MR) is 83.5 cm³/mol. The fourth-order valence-corrected chi connectivity index (χ4v) is 2.24. The average Bonchev–Trinajstić information content (AvgIpc) is 2.44. The Kier molecular flexibility index (Phi) is 5.62. The van der Waals surface area contributed by atoms with Crippen molar-refractivity contribution in [2.45, 2.75) is 26.8 Å². The van der Waals surface area contributed by atoms with E-state index < -0.39 is 0 Å². The van der Waals surface area contributed by atoms with Crippen molar-refractivity contribution in [1.29, 1.82) is 0 Å². The molecule has 0 aromatic heterocycles. The summed E-state index contributed by atoms with van der Waals surface area (Å²) in [5, 5.41) is 12.9. The highest BCUT2D eigenvalue weighted by Crippen LogP contribution is 2.27. The molecule has 0 spiro atoms. The summed E-state index contributed by atoms with van der Waals surface area (Å²) >= 11 is 0. The van der Waals surface area contributed by atoms with Crippen LogP contribution in [0.3, 0.4) is 0 Å². The van der Waals surface area contributed by atoms with Gasteiger partial charge in [0.2, 0.25) is 0 Å². The fraction of sp³-hybridized carbons (Fsp3) is 0.647. The second-order valence-corrected chi connectivity index (χ2v) is 6.53. The lowest BCUT2D eigenvalue weighted by atomic mass is 9.86. The van der Waals surface area contributed by atoms with E-state index in [0.29, 0.717) is 19.1 Å². The number of rotatable bonds is 8. The van der Waals surface area contributed by atoms with Crippen LogP contribution in [-0.2, 0) is 4.74 Å². The molecule has 1 aromatic carbocycles. The molecule has 118 valence electrons. The van der Waals surface area contributed by atoms with Gasteiger partial charge in [-0.1, -0.05) is 26.0 Å². The molecule has 1 heterocycles. The Hall–Kier alpha value is -1.10. The monoisotopic (exact) mass is 293 g/mol. The van der Waals surface area contributed by atoms with E-state index >= 15 is 0 Å². The quantitative estimate of drug-likeness (QED) is 0.772. The van der Waals surface area contributed by atoms with Crippen LogP contribution in [0, 0.1) is 11.3 Å². The highest BCUT2D eigenvalue weighted by Gasteiger charge is 2.37. The zero-order valence-electron chi connectivity index (χ0n) is 13.3. The van der Waals surface area contributed by atoms with Gasteiger partial charge in [-0.15, -0.1) is 0 Å². The van der Waals surface area contributed by atoms with Crippen LogP contribution in [0.15, 0.2) is 24.3 Å². The maximum atomic E-state index is 9.42. The second kappa shape index (κ2) is 7.25. The van der Waals surface area contributed by atoms with Crippen molar-refractivity contribution in [3.63, 3.8) is 0 Å². The number of hydrogen-bond acceptors (Lipinski definition) is 4. The topological polar surface area (TPSA) is 50.7 Å². The molecule has 1 fully saturated rings. The fourth-order valence-electron chi connectivity index (χ4n) is 2.24. The molecule has 0 aliphatic carbocycles. The van der Waals surface area contributed by atoms with Crippen molar-refractivity contribution >= 4 is 0 Å². The largest absolute Gasteiger partial charge is 0.493 e. The number of aliphatic hydroxyl groups is 1. The van der Waals surface area contributed by atoms with E-state index in [1.54, 1.807) is 0 Å². The van der Waals surface area contributed by atoms with E-state index in [4.69, 9.17) is 9.47 Å². The minimum atomic E-state index is -0.0887. The van der Waals surface area contributed by atoms with Gasteiger partial charge in [0.1, 0.15) is 5.75 Å². The Morgan fingerprint density at radius 1 is 1.24 bits per heavy atom. The van der Waals surface area contributed by atoms with Gasteiger partial charge in [-0.3, -0.25) is 0 Å². The van der Waals surface area contributed by atoms with Crippen LogP contribution < -0.4 is 10.1 Å². The van der Waals surface area contributed by atoms with Crippen molar-refractivity contribution in [2.75, 3.05) is 33.0 Å². The van der Waals surface area contributed by atoms with Crippen LogP contribution in [0.5, 0.6) is 5.75 Å². The molecule has 0 amide bonds. The molecule has 4 heteroatoms. The lowest BCUT2D eigenvalue weighted by molar-refractivity contribution is -0.135. The summed E-state index contributed by atoms with van der Waals surface area (Å²) in [6.45, 7) is 9.39. The van der Waals surface area contributed by atoms with E-state index in [2.05, 4.69) is 38.2 Å². The molecule has 1 atom stereocenters. The van der Waals surface area contributed by atoms with Gasteiger partial charge in [0.25, 0.3) is 0 Å². The van der Waals surface area contributed by atoms with E-state index in [-0.39, 0.29) is 18.1 Å². The van der Waals surface area contributed by atoms with E-state index in [1.807, 2.05) is 12.1 Å². The summed E-state index contributed by atoms with van der Waals surface area (Å²) in [6.07, 6.45) is 0. The van der Waals surface area contributed by atoms with Gasteiger partial charge in [0.05, 0.1) is 31.8 Å². The molecule has 2 N–H and O–H groups in total. The summed E-state index contributed by atoms with van der Waals surface area (Å²) in [7, 11) is 0. The third-order valence-corrected chi connectivity index (χ3v) is 3.90. The summed E-state index contributed by atoms with van der Waals surface area (Å²) in [5.74, 6) is 1.45. The summed E-state index contributed by atoms with van der Waals surface area (Å²) in [5.41, 5.74) is 1.13. The zero-order chi connectivity index (χ0) is 15.3. The van der Waals surface area contributed by atoms with Crippen LogP contribution in [0.1, 0.15) is 32.4 Å². The van der Waals surface area contributed by atoms with Crippen LogP contribution in [0.2, 0.25) is 0 Å². The molecule has 1 aliphatic rings. The first-order valence-electron chi connectivity index (χ1n) is 7.69. The van der Waals surface area contributed by atoms with Gasteiger partial charge in [-0.2, -0.15) is 0 Å². The first-order chi connectivity index (χ1) is 10.0. The van der Waals surface area contributed by atoms with E-state index in [0.717, 1.165) is 18.9 Å². The van der Waals surface area contributed by atoms with E-state index in [1.165, 1.54) is 5.56 Å². The average molecular weight is 293 g/mol. The number of benzene rings is 1. The molecule has 1 unspecified atom stereocenters. The maximum absolute atomic E-state index is 9.42. The SMILES string of the molecule is CC(C)COc1ccc(C(C)NCC2(CO)COC2)cc1. The van der Waals surface area contributed by atoms with Crippen LogP contribution in [-0.4, -0.2) is 38.1 Å². The molecular weight excluding hydrogens is 266 g/mol.